The van der Waals surface area contributed by atoms with Crippen LogP contribution in [0, 0.1) is 5.82 Å². The molecule has 86 valence electrons. The van der Waals surface area contributed by atoms with Gasteiger partial charge in [0, 0.05) is 5.56 Å². The van der Waals surface area contributed by atoms with Crippen LogP contribution in [0.15, 0.2) is 42.5 Å². The second-order valence-electron chi connectivity index (χ2n) is 3.41. The van der Waals surface area contributed by atoms with Crippen molar-refractivity contribution in [3.63, 3.8) is 0 Å². The highest BCUT2D eigenvalue weighted by molar-refractivity contribution is 5.87. The molecule has 17 heavy (non-hydrogen) atoms. The number of esters is 1. The number of ether oxygens (including phenoxy) is 1. The predicted octanol–water partition coefficient (Wildman–Crippen LogP) is 2.67. The number of methoxy groups -OCH3 is 1. The summed E-state index contributed by atoms with van der Waals surface area (Å²) in [4.78, 5) is 15.4. The molecule has 0 unspecified atom stereocenters. The minimum atomic E-state index is -0.511. The Kier molecular flexibility index (Phi) is 3.14. The maximum atomic E-state index is 13.1. The van der Waals surface area contributed by atoms with Gasteiger partial charge in [-0.3, -0.25) is 0 Å². The summed E-state index contributed by atoms with van der Waals surface area (Å²) in [5, 5.41) is 0. The van der Waals surface area contributed by atoms with Crippen molar-refractivity contribution in [3.05, 3.63) is 54.0 Å². The van der Waals surface area contributed by atoms with Gasteiger partial charge in [0.15, 0.2) is 0 Å². The normalized spacial score (nSPS) is 10.0. The van der Waals surface area contributed by atoms with Crippen LogP contribution in [-0.4, -0.2) is 18.1 Å². The minimum Gasteiger partial charge on any atom is -0.464 e. The summed E-state index contributed by atoms with van der Waals surface area (Å²) in [5.41, 5.74) is 1.36. The third kappa shape index (κ3) is 2.47. The second-order valence-corrected chi connectivity index (χ2v) is 3.41. The molecule has 0 bridgehead atoms. The number of carbonyl (C=O) groups excluding carboxylic acids is 1. The van der Waals surface area contributed by atoms with Gasteiger partial charge in [0.2, 0.25) is 0 Å². The van der Waals surface area contributed by atoms with Gasteiger partial charge in [0.1, 0.15) is 11.5 Å². The zero-order chi connectivity index (χ0) is 12.3. The van der Waals surface area contributed by atoms with E-state index in [1.54, 1.807) is 30.3 Å². The van der Waals surface area contributed by atoms with Crippen LogP contribution in [0.1, 0.15) is 10.5 Å². The number of rotatable bonds is 2. The Morgan fingerprint density at radius 3 is 2.71 bits per heavy atom. The molecule has 1 aromatic carbocycles. The highest BCUT2D eigenvalue weighted by Gasteiger charge is 2.08. The first kappa shape index (κ1) is 11.3. The summed E-state index contributed by atoms with van der Waals surface area (Å²) in [5.74, 6) is -0.851. The second kappa shape index (κ2) is 4.74. The molecule has 0 spiro atoms. The monoisotopic (exact) mass is 231 g/mol. The van der Waals surface area contributed by atoms with Gasteiger partial charge in [0.25, 0.3) is 0 Å². The van der Waals surface area contributed by atoms with E-state index in [4.69, 9.17) is 0 Å². The minimum absolute atomic E-state index is 0.203. The molecule has 1 heterocycles. The number of hydrogen-bond acceptors (Lipinski definition) is 3. The first-order chi connectivity index (χ1) is 8.20. The average molecular weight is 231 g/mol. The molecule has 0 amide bonds. The van der Waals surface area contributed by atoms with Crippen molar-refractivity contribution in [2.24, 2.45) is 0 Å². The van der Waals surface area contributed by atoms with Crippen LogP contribution in [0.4, 0.5) is 4.39 Å². The summed E-state index contributed by atoms with van der Waals surface area (Å²) < 4.78 is 17.6. The van der Waals surface area contributed by atoms with E-state index in [0.717, 1.165) is 0 Å². The van der Waals surface area contributed by atoms with Crippen LogP contribution in [0.2, 0.25) is 0 Å². The third-order valence-corrected chi connectivity index (χ3v) is 2.26. The first-order valence-corrected chi connectivity index (χ1v) is 5.02. The number of carbonyl (C=O) groups is 1. The Hall–Kier alpha value is -2.23. The van der Waals surface area contributed by atoms with Gasteiger partial charge in [-0.15, -0.1) is 0 Å². The molecular formula is C13H10FNO2. The molecule has 0 aliphatic carbocycles. The maximum Gasteiger partial charge on any atom is 0.356 e. The van der Waals surface area contributed by atoms with Crippen molar-refractivity contribution in [3.8, 4) is 11.3 Å². The van der Waals surface area contributed by atoms with Gasteiger partial charge in [-0.2, -0.15) is 0 Å². The zero-order valence-electron chi connectivity index (χ0n) is 9.18. The zero-order valence-corrected chi connectivity index (χ0v) is 9.18. The summed E-state index contributed by atoms with van der Waals surface area (Å²) in [6.07, 6.45) is 0. The fourth-order valence-electron chi connectivity index (χ4n) is 1.46. The first-order valence-electron chi connectivity index (χ1n) is 5.02. The molecule has 0 fully saturated rings. The summed E-state index contributed by atoms with van der Waals surface area (Å²) in [7, 11) is 1.29. The van der Waals surface area contributed by atoms with Crippen molar-refractivity contribution >= 4 is 5.97 Å². The molecular weight excluding hydrogens is 221 g/mol. The summed E-state index contributed by atoms with van der Waals surface area (Å²) >= 11 is 0. The van der Waals surface area contributed by atoms with Crippen molar-refractivity contribution in [2.45, 2.75) is 0 Å². The van der Waals surface area contributed by atoms with E-state index in [0.29, 0.717) is 11.3 Å². The molecule has 1 aromatic heterocycles. The number of halogens is 1. The Bertz CT molecular complexity index is 555. The Balaban J connectivity index is 2.43. The van der Waals surface area contributed by atoms with Crippen LogP contribution < -0.4 is 0 Å². The van der Waals surface area contributed by atoms with Gasteiger partial charge >= 0.3 is 5.97 Å². The van der Waals surface area contributed by atoms with Crippen molar-refractivity contribution < 1.29 is 13.9 Å². The van der Waals surface area contributed by atoms with Gasteiger partial charge in [-0.25, -0.2) is 14.2 Å². The molecule has 0 aliphatic rings. The van der Waals surface area contributed by atoms with Gasteiger partial charge in [-0.05, 0) is 24.3 Å². The van der Waals surface area contributed by atoms with Crippen LogP contribution in [0.5, 0.6) is 0 Å². The number of pyridine rings is 1. The molecule has 0 radical (unpaired) electrons. The summed E-state index contributed by atoms with van der Waals surface area (Å²) in [6.45, 7) is 0. The highest BCUT2D eigenvalue weighted by Crippen LogP contribution is 2.18. The lowest BCUT2D eigenvalue weighted by atomic mass is 10.1. The fourth-order valence-corrected chi connectivity index (χ4v) is 1.46. The van der Waals surface area contributed by atoms with Crippen molar-refractivity contribution in [1.29, 1.82) is 0 Å². The van der Waals surface area contributed by atoms with E-state index in [1.165, 1.54) is 19.2 Å². The molecule has 0 saturated carbocycles. The molecule has 0 atom stereocenters. The van der Waals surface area contributed by atoms with Gasteiger partial charge in [-0.1, -0.05) is 18.2 Å². The standard InChI is InChI=1S/C13H10FNO2/c1-17-13(16)12-7-3-6-11(15-12)9-4-2-5-10(14)8-9/h2-8H,1H3. The van der Waals surface area contributed by atoms with E-state index in [-0.39, 0.29) is 11.5 Å². The summed E-state index contributed by atoms with van der Waals surface area (Å²) in [6, 6.07) is 11.0. The van der Waals surface area contributed by atoms with E-state index in [2.05, 4.69) is 9.72 Å². The molecule has 0 aliphatic heterocycles. The van der Waals surface area contributed by atoms with Crippen LogP contribution in [0.25, 0.3) is 11.3 Å². The van der Waals surface area contributed by atoms with Gasteiger partial charge < -0.3 is 4.74 Å². The lowest BCUT2D eigenvalue weighted by Crippen LogP contribution is -2.04. The number of nitrogens with zero attached hydrogens (tertiary/aromatic N) is 1. The Morgan fingerprint density at radius 2 is 2.00 bits per heavy atom. The fraction of sp³-hybridized carbons (Fsp3) is 0.0769. The number of hydrogen-bond donors (Lipinski definition) is 0. The molecule has 0 saturated heterocycles. The lowest BCUT2D eigenvalue weighted by molar-refractivity contribution is 0.0594. The average Bonchev–Trinajstić information content (AvgIpc) is 2.38. The Labute approximate surface area is 97.9 Å². The molecule has 4 heteroatoms. The van der Waals surface area contributed by atoms with Crippen molar-refractivity contribution in [2.75, 3.05) is 7.11 Å². The molecule has 3 nitrogen and oxygen atoms in total. The highest BCUT2D eigenvalue weighted by atomic mass is 19.1. The van der Waals surface area contributed by atoms with E-state index < -0.39 is 5.97 Å². The maximum absolute atomic E-state index is 13.1. The number of benzene rings is 1. The van der Waals surface area contributed by atoms with E-state index in [9.17, 15) is 9.18 Å². The van der Waals surface area contributed by atoms with Crippen LogP contribution >= 0.6 is 0 Å². The van der Waals surface area contributed by atoms with E-state index >= 15 is 0 Å². The largest absolute Gasteiger partial charge is 0.464 e. The Morgan fingerprint density at radius 1 is 1.24 bits per heavy atom. The molecule has 2 rings (SSSR count). The van der Waals surface area contributed by atoms with E-state index in [1.807, 2.05) is 0 Å². The van der Waals surface area contributed by atoms with Crippen LogP contribution in [0.3, 0.4) is 0 Å². The van der Waals surface area contributed by atoms with Crippen LogP contribution in [-0.2, 0) is 4.74 Å². The lowest BCUT2D eigenvalue weighted by Gasteiger charge is -2.03. The smallest absolute Gasteiger partial charge is 0.356 e. The molecule has 0 N–H and O–H groups in total. The quantitative estimate of drug-likeness (QED) is 0.746. The number of aromatic nitrogens is 1. The van der Waals surface area contributed by atoms with Gasteiger partial charge in [0.05, 0.1) is 12.8 Å². The predicted molar refractivity (Wildman–Crippen MR) is 61.0 cm³/mol. The third-order valence-electron chi connectivity index (χ3n) is 2.26. The molecule has 2 aromatic rings. The van der Waals surface area contributed by atoms with Crippen molar-refractivity contribution in [1.82, 2.24) is 4.98 Å². The SMILES string of the molecule is COC(=O)c1cccc(-c2cccc(F)c2)n1. The topological polar surface area (TPSA) is 39.2 Å².